The van der Waals surface area contributed by atoms with Crippen molar-refractivity contribution >= 4 is 29.2 Å². The molecule has 0 aromatic carbocycles. The molecule has 2 fully saturated rings. The lowest BCUT2D eigenvalue weighted by atomic mass is 9.73. The normalized spacial score (nSPS) is 36.0. The molecule has 0 saturated carbocycles. The second-order valence-corrected chi connectivity index (χ2v) is 11.7. The summed E-state index contributed by atoms with van der Waals surface area (Å²) >= 11 is 1.56. The van der Waals surface area contributed by atoms with Crippen LogP contribution >= 0.6 is 11.3 Å². The molecule has 7 nitrogen and oxygen atoms in total. The third-order valence-corrected chi connectivity index (χ3v) is 8.20. The van der Waals surface area contributed by atoms with Crippen LogP contribution in [0.1, 0.15) is 77.4 Å². The van der Waals surface area contributed by atoms with E-state index in [1.807, 2.05) is 32.2 Å². The Morgan fingerprint density at radius 3 is 2.56 bits per heavy atom. The maximum absolute atomic E-state index is 13.2. The molecule has 190 valence electrons. The van der Waals surface area contributed by atoms with E-state index in [4.69, 9.17) is 9.47 Å². The number of rotatable bonds is 2. The number of aliphatic hydroxyl groups excluding tert-OH is 2. The van der Waals surface area contributed by atoms with Crippen LogP contribution in [-0.2, 0) is 19.1 Å². The number of carbonyl (C=O) groups excluding carboxylic acids is 2. The number of esters is 1. The molecule has 3 rings (SSSR count). The van der Waals surface area contributed by atoms with E-state index in [0.29, 0.717) is 6.42 Å². The van der Waals surface area contributed by atoms with E-state index in [0.717, 1.165) is 35.5 Å². The molecular weight excluding hydrogens is 454 g/mol. The average molecular weight is 494 g/mol. The summed E-state index contributed by atoms with van der Waals surface area (Å²) in [5.41, 5.74) is 0.494. The number of ether oxygens (including phenoxy) is 2. The summed E-state index contributed by atoms with van der Waals surface area (Å²) < 4.78 is 11.7. The Hall–Kier alpha value is -1.61. The molecule has 2 saturated heterocycles. The summed E-state index contributed by atoms with van der Waals surface area (Å²) in [5, 5.41) is 24.5. The van der Waals surface area contributed by atoms with Crippen molar-refractivity contribution in [1.82, 2.24) is 4.98 Å². The molecule has 8 heteroatoms. The molecule has 0 amide bonds. The zero-order valence-corrected chi connectivity index (χ0v) is 21.9. The number of aryl methyl sites for hydroxylation is 1. The molecule has 2 aliphatic heterocycles. The summed E-state index contributed by atoms with van der Waals surface area (Å²) in [4.78, 5) is 30.5. The monoisotopic (exact) mass is 493 g/mol. The minimum atomic E-state index is -1.22. The van der Waals surface area contributed by atoms with E-state index in [9.17, 15) is 19.8 Å². The summed E-state index contributed by atoms with van der Waals surface area (Å²) in [5.74, 6) is -1.52. The number of cyclic esters (lactones) is 1. The molecule has 0 radical (unpaired) electrons. The zero-order chi connectivity index (χ0) is 25.2. The summed E-state index contributed by atoms with van der Waals surface area (Å²) in [6.07, 6.45) is 2.28. The SMILES string of the molecule is CC(=Cc1csc(C)n1)[C@@H]1C[C@@H]2O[C@@H]2CCC[C@H](C)[C@H](O)[C@@H](C)C(=O)C(C)(C)C(O)CC(=O)O1. The summed E-state index contributed by atoms with van der Waals surface area (Å²) in [6.45, 7) is 10.8. The van der Waals surface area contributed by atoms with Gasteiger partial charge in [0.05, 0.1) is 47.0 Å². The van der Waals surface area contributed by atoms with Gasteiger partial charge in [0.1, 0.15) is 11.9 Å². The molecule has 3 heterocycles. The highest BCUT2D eigenvalue weighted by Gasteiger charge is 2.44. The minimum absolute atomic E-state index is 0.00770. The van der Waals surface area contributed by atoms with Gasteiger partial charge >= 0.3 is 5.97 Å². The Balaban J connectivity index is 1.81. The van der Waals surface area contributed by atoms with E-state index < -0.39 is 35.6 Å². The van der Waals surface area contributed by atoms with Crippen LogP contribution in [-0.4, -0.2) is 57.5 Å². The zero-order valence-electron chi connectivity index (χ0n) is 21.1. The lowest BCUT2D eigenvalue weighted by Gasteiger charge is -2.34. The number of nitrogens with zero attached hydrogens (tertiary/aromatic N) is 1. The fourth-order valence-electron chi connectivity index (χ4n) is 4.78. The van der Waals surface area contributed by atoms with Gasteiger partial charge in [-0.15, -0.1) is 11.3 Å². The van der Waals surface area contributed by atoms with Crippen LogP contribution in [0, 0.1) is 24.2 Å². The number of ketones is 1. The lowest BCUT2D eigenvalue weighted by Crippen LogP contribution is -2.45. The Morgan fingerprint density at radius 2 is 1.91 bits per heavy atom. The molecule has 1 aromatic heterocycles. The van der Waals surface area contributed by atoms with E-state index in [-0.39, 0.29) is 30.3 Å². The molecule has 1 aromatic rings. The first kappa shape index (κ1) is 27.0. The first-order chi connectivity index (χ1) is 15.9. The van der Waals surface area contributed by atoms with Crippen LogP contribution in [0.4, 0.5) is 0 Å². The number of carbonyl (C=O) groups is 2. The highest BCUT2D eigenvalue weighted by atomic mass is 32.1. The number of aliphatic hydroxyl groups is 2. The average Bonchev–Trinajstić information content (AvgIpc) is 3.38. The van der Waals surface area contributed by atoms with Crippen molar-refractivity contribution in [2.75, 3.05) is 0 Å². The van der Waals surface area contributed by atoms with Gasteiger partial charge in [-0.25, -0.2) is 4.98 Å². The Morgan fingerprint density at radius 1 is 1.21 bits per heavy atom. The van der Waals surface area contributed by atoms with Gasteiger partial charge in [-0.1, -0.05) is 34.1 Å². The molecule has 7 atom stereocenters. The van der Waals surface area contributed by atoms with Crippen LogP contribution in [0.25, 0.3) is 6.08 Å². The Kier molecular flexibility index (Phi) is 8.71. The number of aromatic nitrogens is 1. The molecule has 34 heavy (non-hydrogen) atoms. The predicted molar refractivity (Wildman–Crippen MR) is 131 cm³/mol. The number of Topliss-reactive ketones (excluding diaryl/α,β-unsaturated/α-hetero) is 1. The van der Waals surface area contributed by atoms with Crippen LogP contribution in [0.3, 0.4) is 0 Å². The number of fused-ring (bicyclic) bond motifs is 1. The maximum atomic E-state index is 13.2. The van der Waals surface area contributed by atoms with Crippen molar-refractivity contribution in [3.05, 3.63) is 21.7 Å². The molecule has 1 unspecified atom stereocenters. The third-order valence-electron chi connectivity index (χ3n) is 7.41. The van der Waals surface area contributed by atoms with Crippen LogP contribution < -0.4 is 0 Å². The van der Waals surface area contributed by atoms with E-state index in [1.165, 1.54) is 0 Å². The van der Waals surface area contributed by atoms with Gasteiger partial charge in [-0.3, -0.25) is 9.59 Å². The highest BCUT2D eigenvalue weighted by Crippen LogP contribution is 2.36. The summed E-state index contributed by atoms with van der Waals surface area (Å²) in [7, 11) is 0. The van der Waals surface area contributed by atoms with Gasteiger partial charge in [-0.2, -0.15) is 0 Å². The summed E-state index contributed by atoms with van der Waals surface area (Å²) in [6, 6.07) is 0. The minimum Gasteiger partial charge on any atom is -0.458 e. The largest absolute Gasteiger partial charge is 0.458 e. The van der Waals surface area contributed by atoms with Crippen LogP contribution in [0.5, 0.6) is 0 Å². The second-order valence-electron chi connectivity index (χ2n) is 10.6. The molecule has 0 aliphatic carbocycles. The molecule has 2 aliphatic rings. The molecular formula is C26H39NO6S. The first-order valence-electron chi connectivity index (χ1n) is 12.3. The predicted octanol–water partition coefficient (Wildman–Crippen LogP) is 4.09. The maximum Gasteiger partial charge on any atom is 0.309 e. The number of epoxide rings is 1. The molecule has 2 N–H and O–H groups in total. The van der Waals surface area contributed by atoms with Crippen molar-refractivity contribution < 1.29 is 29.3 Å². The van der Waals surface area contributed by atoms with E-state index in [1.54, 1.807) is 32.1 Å². The van der Waals surface area contributed by atoms with Crippen molar-refractivity contribution in [3.8, 4) is 0 Å². The Labute approximate surface area is 206 Å². The van der Waals surface area contributed by atoms with Crippen molar-refractivity contribution in [3.63, 3.8) is 0 Å². The van der Waals surface area contributed by atoms with Gasteiger partial charge in [0.2, 0.25) is 0 Å². The van der Waals surface area contributed by atoms with Gasteiger partial charge < -0.3 is 19.7 Å². The van der Waals surface area contributed by atoms with Crippen molar-refractivity contribution in [2.45, 2.75) is 104 Å². The topological polar surface area (TPSA) is 109 Å². The van der Waals surface area contributed by atoms with Crippen LogP contribution in [0.2, 0.25) is 0 Å². The number of hydrogen-bond donors (Lipinski definition) is 2. The lowest BCUT2D eigenvalue weighted by molar-refractivity contribution is -0.154. The molecule has 0 spiro atoms. The highest BCUT2D eigenvalue weighted by molar-refractivity contribution is 7.09. The fourth-order valence-corrected chi connectivity index (χ4v) is 5.35. The Bertz CT molecular complexity index is 909. The number of thiazole rings is 1. The number of hydrogen-bond acceptors (Lipinski definition) is 8. The first-order valence-corrected chi connectivity index (χ1v) is 13.1. The van der Waals surface area contributed by atoms with Gasteiger partial charge in [-0.05, 0) is 44.3 Å². The smallest absolute Gasteiger partial charge is 0.309 e. The molecule has 0 bridgehead atoms. The third kappa shape index (κ3) is 6.53. The van der Waals surface area contributed by atoms with E-state index in [2.05, 4.69) is 4.98 Å². The quantitative estimate of drug-likeness (QED) is 0.472. The van der Waals surface area contributed by atoms with E-state index >= 15 is 0 Å². The van der Waals surface area contributed by atoms with Gasteiger partial charge in [0.25, 0.3) is 0 Å². The second kappa shape index (κ2) is 11.0. The van der Waals surface area contributed by atoms with Crippen molar-refractivity contribution in [1.29, 1.82) is 0 Å². The van der Waals surface area contributed by atoms with Crippen molar-refractivity contribution in [2.24, 2.45) is 17.3 Å². The fraction of sp³-hybridized carbons (Fsp3) is 0.731. The van der Waals surface area contributed by atoms with Crippen LogP contribution in [0.15, 0.2) is 11.0 Å². The standard InChI is InChI=1S/C26H39NO6S/c1-14-8-7-9-19-21(32-19)11-20(15(2)10-18-13-34-17(4)27-18)33-23(29)12-22(28)26(5,6)25(31)16(3)24(14)30/h10,13-14,16,19-22,24,28,30H,7-9,11-12H2,1-6H3/t14-,16+,19+,20-,21-,22?,24-/m0/s1. The van der Waals surface area contributed by atoms with Gasteiger partial charge in [0, 0.05) is 17.7 Å². The van der Waals surface area contributed by atoms with Gasteiger partial charge in [0.15, 0.2) is 0 Å².